The summed E-state index contributed by atoms with van der Waals surface area (Å²) in [5.74, 6) is -0.0917. The quantitative estimate of drug-likeness (QED) is 0.723. The number of rotatable bonds is 7. The molecule has 1 saturated heterocycles. The highest BCUT2D eigenvalue weighted by Gasteiger charge is 2.12. The van der Waals surface area contributed by atoms with E-state index in [-0.39, 0.29) is 5.91 Å². The molecule has 1 aromatic heterocycles. The van der Waals surface area contributed by atoms with Gasteiger partial charge in [0.05, 0.1) is 25.5 Å². The molecule has 1 N–H and O–H groups in total. The van der Waals surface area contributed by atoms with Crippen LogP contribution in [0.5, 0.6) is 0 Å². The van der Waals surface area contributed by atoms with Crippen LogP contribution in [0.15, 0.2) is 30.3 Å². The summed E-state index contributed by atoms with van der Waals surface area (Å²) in [5, 5.41) is 8.27. The molecule has 0 aliphatic carbocycles. The average Bonchev–Trinajstić information content (AvgIpc) is 2.96. The van der Waals surface area contributed by atoms with Crippen molar-refractivity contribution in [3.05, 3.63) is 57.9 Å². The van der Waals surface area contributed by atoms with Gasteiger partial charge < -0.3 is 10.1 Å². The van der Waals surface area contributed by atoms with Gasteiger partial charge in [-0.25, -0.2) is 0 Å². The van der Waals surface area contributed by atoms with E-state index >= 15 is 0 Å². The number of carbonyl (C=O) groups excluding carboxylic acids is 1. The van der Waals surface area contributed by atoms with E-state index in [1.54, 1.807) is 6.08 Å². The molecule has 1 aliphatic rings. The van der Waals surface area contributed by atoms with E-state index in [2.05, 4.69) is 15.3 Å². The summed E-state index contributed by atoms with van der Waals surface area (Å²) in [4.78, 5) is 14.4. The van der Waals surface area contributed by atoms with Crippen LogP contribution in [-0.4, -0.2) is 60.0 Å². The molecule has 0 spiro atoms. The summed E-state index contributed by atoms with van der Waals surface area (Å²) in [6.45, 7) is 9.42. The van der Waals surface area contributed by atoms with Crippen molar-refractivity contribution < 1.29 is 9.53 Å². The Kier molecular flexibility index (Phi) is 7.25. The number of hydrogen-bond donors (Lipinski definition) is 1. The maximum Gasteiger partial charge on any atom is 0.244 e. The van der Waals surface area contributed by atoms with Gasteiger partial charge >= 0.3 is 0 Å². The first-order valence-corrected chi connectivity index (χ1v) is 9.96. The van der Waals surface area contributed by atoms with E-state index in [0.29, 0.717) is 13.1 Å². The Morgan fingerprint density at radius 2 is 2.04 bits per heavy atom. The van der Waals surface area contributed by atoms with Crippen LogP contribution in [0, 0.1) is 13.8 Å². The summed E-state index contributed by atoms with van der Waals surface area (Å²) >= 11 is 6.26. The van der Waals surface area contributed by atoms with Crippen molar-refractivity contribution >= 4 is 23.6 Å². The summed E-state index contributed by atoms with van der Waals surface area (Å²) in [6.07, 6.45) is 3.42. The number of morpholine rings is 1. The molecular formula is C21H27ClN4O2. The van der Waals surface area contributed by atoms with Gasteiger partial charge in [-0.2, -0.15) is 5.10 Å². The van der Waals surface area contributed by atoms with E-state index in [1.165, 1.54) is 0 Å². The number of aryl methyl sites for hydroxylation is 1. The Bertz CT molecular complexity index is 841. The van der Waals surface area contributed by atoms with E-state index in [1.807, 2.05) is 48.9 Å². The second-order valence-corrected chi connectivity index (χ2v) is 7.32. The molecule has 1 amide bonds. The van der Waals surface area contributed by atoms with Crippen molar-refractivity contribution in [2.45, 2.75) is 20.4 Å². The number of benzene rings is 1. The Morgan fingerprint density at radius 1 is 1.29 bits per heavy atom. The van der Waals surface area contributed by atoms with Gasteiger partial charge in [-0.05, 0) is 31.6 Å². The summed E-state index contributed by atoms with van der Waals surface area (Å²) in [7, 11) is 0. The van der Waals surface area contributed by atoms with Crippen LogP contribution >= 0.6 is 11.6 Å². The molecule has 1 aromatic carbocycles. The first kappa shape index (κ1) is 20.6. The Morgan fingerprint density at radius 3 is 2.79 bits per heavy atom. The SMILES string of the molecule is Cc1nn(Cc2ccccc2Cl)c(C)c1/C=C/C(=O)NCCN1CCOCC1. The first-order valence-electron chi connectivity index (χ1n) is 9.58. The first-order chi connectivity index (χ1) is 13.5. The number of nitrogens with zero attached hydrogens (tertiary/aromatic N) is 3. The van der Waals surface area contributed by atoms with Crippen molar-refractivity contribution in [2.75, 3.05) is 39.4 Å². The third kappa shape index (κ3) is 5.44. The lowest BCUT2D eigenvalue weighted by atomic mass is 10.1. The molecule has 2 aromatic rings. The minimum atomic E-state index is -0.0917. The normalized spacial score (nSPS) is 15.2. The molecule has 1 aliphatic heterocycles. The van der Waals surface area contributed by atoms with E-state index < -0.39 is 0 Å². The zero-order valence-corrected chi connectivity index (χ0v) is 17.2. The summed E-state index contributed by atoms with van der Waals surface area (Å²) in [6, 6.07) is 7.76. The van der Waals surface area contributed by atoms with E-state index in [9.17, 15) is 4.79 Å². The number of nitrogens with one attached hydrogen (secondary N) is 1. The zero-order chi connectivity index (χ0) is 19.9. The molecule has 0 saturated carbocycles. The highest BCUT2D eigenvalue weighted by molar-refractivity contribution is 6.31. The molecule has 150 valence electrons. The number of aromatic nitrogens is 2. The Balaban J connectivity index is 1.56. The largest absolute Gasteiger partial charge is 0.379 e. The molecule has 0 radical (unpaired) electrons. The van der Waals surface area contributed by atoms with E-state index in [0.717, 1.165) is 60.4 Å². The summed E-state index contributed by atoms with van der Waals surface area (Å²) < 4.78 is 7.25. The highest BCUT2D eigenvalue weighted by Crippen LogP contribution is 2.20. The topological polar surface area (TPSA) is 59.4 Å². The van der Waals surface area contributed by atoms with Crippen LogP contribution in [-0.2, 0) is 16.1 Å². The van der Waals surface area contributed by atoms with Crippen molar-refractivity contribution in [2.24, 2.45) is 0 Å². The maximum absolute atomic E-state index is 12.1. The lowest BCUT2D eigenvalue weighted by Gasteiger charge is -2.26. The molecule has 28 heavy (non-hydrogen) atoms. The smallest absolute Gasteiger partial charge is 0.244 e. The fourth-order valence-corrected chi connectivity index (χ4v) is 3.47. The van der Waals surface area contributed by atoms with Crippen LogP contribution in [0.1, 0.15) is 22.5 Å². The minimum absolute atomic E-state index is 0.0917. The van der Waals surface area contributed by atoms with Crippen LogP contribution in [0.25, 0.3) is 6.08 Å². The third-order valence-corrected chi connectivity index (χ3v) is 5.32. The van der Waals surface area contributed by atoms with Crippen LogP contribution in [0.3, 0.4) is 0 Å². The van der Waals surface area contributed by atoms with Crippen LogP contribution in [0.4, 0.5) is 0 Å². The molecule has 0 atom stereocenters. The molecule has 6 nitrogen and oxygen atoms in total. The molecule has 0 bridgehead atoms. The van der Waals surface area contributed by atoms with Crippen molar-refractivity contribution in [1.82, 2.24) is 20.0 Å². The van der Waals surface area contributed by atoms with Crippen LogP contribution in [0.2, 0.25) is 5.02 Å². The predicted molar refractivity (Wildman–Crippen MR) is 112 cm³/mol. The lowest BCUT2D eigenvalue weighted by molar-refractivity contribution is -0.116. The fraction of sp³-hybridized carbons (Fsp3) is 0.429. The Hall–Kier alpha value is -2.15. The third-order valence-electron chi connectivity index (χ3n) is 4.95. The number of amides is 1. The number of carbonyl (C=O) groups is 1. The molecule has 0 unspecified atom stereocenters. The van der Waals surface area contributed by atoms with Gasteiger partial charge in [0, 0.05) is 48.5 Å². The van der Waals surface area contributed by atoms with Gasteiger partial charge in [-0.3, -0.25) is 14.4 Å². The zero-order valence-electron chi connectivity index (χ0n) is 16.4. The average molecular weight is 403 g/mol. The van der Waals surface area contributed by atoms with E-state index in [4.69, 9.17) is 16.3 Å². The minimum Gasteiger partial charge on any atom is -0.379 e. The second-order valence-electron chi connectivity index (χ2n) is 6.91. The molecular weight excluding hydrogens is 376 g/mol. The summed E-state index contributed by atoms with van der Waals surface area (Å²) in [5.41, 5.74) is 3.89. The van der Waals surface area contributed by atoms with Gasteiger partial charge in [0.1, 0.15) is 0 Å². The van der Waals surface area contributed by atoms with Crippen LogP contribution < -0.4 is 5.32 Å². The fourth-order valence-electron chi connectivity index (χ4n) is 3.27. The second kappa shape index (κ2) is 9.87. The van der Waals surface area contributed by atoms with Gasteiger partial charge in [0.25, 0.3) is 0 Å². The van der Waals surface area contributed by atoms with Crippen molar-refractivity contribution in [3.63, 3.8) is 0 Å². The van der Waals surface area contributed by atoms with Gasteiger partial charge in [-0.15, -0.1) is 0 Å². The molecule has 7 heteroatoms. The lowest BCUT2D eigenvalue weighted by Crippen LogP contribution is -2.41. The molecule has 2 heterocycles. The predicted octanol–water partition coefficient (Wildman–Crippen LogP) is 2.66. The van der Waals surface area contributed by atoms with Crippen molar-refractivity contribution in [3.8, 4) is 0 Å². The number of halogens is 1. The highest BCUT2D eigenvalue weighted by atomic mass is 35.5. The molecule has 1 fully saturated rings. The van der Waals surface area contributed by atoms with Crippen molar-refractivity contribution in [1.29, 1.82) is 0 Å². The van der Waals surface area contributed by atoms with Gasteiger partial charge in [0.15, 0.2) is 0 Å². The monoisotopic (exact) mass is 402 g/mol. The number of ether oxygens (including phenoxy) is 1. The Labute approximate surface area is 171 Å². The maximum atomic E-state index is 12.1. The number of hydrogen-bond acceptors (Lipinski definition) is 4. The standard InChI is InChI=1S/C21H27ClN4O2/c1-16-19(7-8-21(27)23-9-10-25-11-13-28-14-12-25)17(2)26(24-16)15-18-5-3-4-6-20(18)22/h3-8H,9-15H2,1-2H3,(H,23,27)/b8-7+. The van der Waals surface area contributed by atoms with Gasteiger partial charge in [-0.1, -0.05) is 29.8 Å². The molecule has 3 rings (SSSR count). The van der Waals surface area contributed by atoms with Gasteiger partial charge in [0.2, 0.25) is 5.91 Å².